The minimum Gasteiger partial charge on any atom is -0.497 e. The van der Waals surface area contributed by atoms with Crippen LogP contribution in [0.25, 0.3) is 10.9 Å². The first-order valence-electron chi connectivity index (χ1n) is 9.67. The number of carbonyl (C=O) groups excluding carboxylic acids is 2. The van der Waals surface area contributed by atoms with E-state index in [1.807, 2.05) is 53.6 Å². The van der Waals surface area contributed by atoms with Gasteiger partial charge in [0.05, 0.1) is 13.5 Å². The highest BCUT2D eigenvalue weighted by molar-refractivity contribution is 5.98. The van der Waals surface area contributed by atoms with Gasteiger partial charge in [0, 0.05) is 41.7 Å². The number of fused-ring (bicyclic) bond motifs is 1. The lowest BCUT2D eigenvalue weighted by Gasteiger charge is -2.32. The number of para-hydroxylation sites is 1. The van der Waals surface area contributed by atoms with Crippen LogP contribution in [0.1, 0.15) is 28.8 Å². The maximum absolute atomic E-state index is 12.9. The standard InChI is InChI=1S/C23H24N2O3/c1-28-19-8-4-6-16(12-19)23(27)17-7-5-11-25(15-17)22(26)13-18-14-24-21-10-3-2-9-20(18)21/h2-4,6,8-10,12,14,17,24H,5,7,11,13,15H2,1H3/t17-/m0/s1. The van der Waals surface area contributed by atoms with Gasteiger partial charge in [0.1, 0.15) is 5.75 Å². The molecule has 1 fully saturated rings. The fraction of sp³-hybridized carbons (Fsp3) is 0.304. The number of ether oxygens (including phenoxy) is 1. The Morgan fingerprint density at radius 1 is 1.18 bits per heavy atom. The molecule has 1 amide bonds. The largest absolute Gasteiger partial charge is 0.497 e. The summed E-state index contributed by atoms with van der Waals surface area (Å²) in [4.78, 5) is 30.9. The summed E-state index contributed by atoms with van der Waals surface area (Å²) in [5.41, 5.74) is 2.69. The summed E-state index contributed by atoms with van der Waals surface area (Å²) in [6.07, 6.45) is 3.92. The SMILES string of the molecule is COc1cccc(C(=O)[C@H]2CCCN(C(=O)Cc3c[nH]c4ccccc34)C2)c1. The molecule has 0 spiro atoms. The minimum atomic E-state index is -0.159. The predicted molar refractivity (Wildman–Crippen MR) is 109 cm³/mol. The van der Waals surface area contributed by atoms with E-state index in [4.69, 9.17) is 4.74 Å². The molecule has 1 aliphatic rings. The van der Waals surface area contributed by atoms with Crippen molar-refractivity contribution in [3.63, 3.8) is 0 Å². The van der Waals surface area contributed by atoms with E-state index in [-0.39, 0.29) is 17.6 Å². The number of likely N-dealkylation sites (tertiary alicyclic amines) is 1. The van der Waals surface area contributed by atoms with Gasteiger partial charge in [0.15, 0.2) is 5.78 Å². The van der Waals surface area contributed by atoms with E-state index in [0.717, 1.165) is 29.3 Å². The number of benzene rings is 2. The molecule has 5 nitrogen and oxygen atoms in total. The first-order valence-corrected chi connectivity index (χ1v) is 9.67. The van der Waals surface area contributed by atoms with Crippen LogP contribution in [0.2, 0.25) is 0 Å². The predicted octanol–water partition coefficient (Wildman–Crippen LogP) is 3.84. The Morgan fingerprint density at radius 2 is 2.04 bits per heavy atom. The Hall–Kier alpha value is -3.08. The van der Waals surface area contributed by atoms with E-state index in [2.05, 4.69) is 4.98 Å². The number of Topliss-reactive ketones (excluding diaryl/α,β-unsaturated/α-hetero) is 1. The third-order valence-electron chi connectivity index (χ3n) is 5.52. The van der Waals surface area contributed by atoms with Crippen molar-refractivity contribution in [3.05, 3.63) is 65.9 Å². The Labute approximate surface area is 164 Å². The number of methoxy groups -OCH3 is 1. The first-order chi connectivity index (χ1) is 13.7. The van der Waals surface area contributed by atoms with Gasteiger partial charge in [-0.25, -0.2) is 0 Å². The number of rotatable bonds is 5. The van der Waals surface area contributed by atoms with Gasteiger partial charge in [-0.2, -0.15) is 0 Å². The molecule has 0 saturated carbocycles. The summed E-state index contributed by atoms with van der Waals surface area (Å²) in [6.45, 7) is 1.19. The van der Waals surface area contributed by atoms with Gasteiger partial charge in [-0.05, 0) is 36.6 Å². The number of H-pyrrole nitrogens is 1. The number of aromatic nitrogens is 1. The number of ketones is 1. The molecule has 5 heteroatoms. The fourth-order valence-corrected chi connectivity index (χ4v) is 3.98. The summed E-state index contributed by atoms with van der Waals surface area (Å²) < 4.78 is 5.23. The van der Waals surface area contributed by atoms with Gasteiger partial charge >= 0.3 is 0 Å². The molecule has 0 aliphatic carbocycles. The zero-order valence-electron chi connectivity index (χ0n) is 16.0. The quantitative estimate of drug-likeness (QED) is 0.688. The van der Waals surface area contributed by atoms with Crippen molar-refractivity contribution in [3.8, 4) is 5.75 Å². The lowest BCUT2D eigenvalue weighted by atomic mass is 9.89. The van der Waals surface area contributed by atoms with Gasteiger partial charge in [-0.3, -0.25) is 9.59 Å². The molecule has 3 aromatic rings. The van der Waals surface area contributed by atoms with E-state index in [0.29, 0.717) is 30.8 Å². The summed E-state index contributed by atoms with van der Waals surface area (Å²) >= 11 is 0. The Morgan fingerprint density at radius 3 is 2.89 bits per heavy atom. The zero-order chi connectivity index (χ0) is 19.5. The van der Waals surface area contributed by atoms with Crippen LogP contribution in [-0.2, 0) is 11.2 Å². The number of carbonyl (C=O) groups is 2. The number of amides is 1. The van der Waals surface area contributed by atoms with Gasteiger partial charge in [0.2, 0.25) is 5.91 Å². The summed E-state index contributed by atoms with van der Waals surface area (Å²) in [6, 6.07) is 15.2. The lowest BCUT2D eigenvalue weighted by Crippen LogP contribution is -2.43. The van der Waals surface area contributed by atoms with E-state index >= 15 is 0 Å². The normalized spacial score (nSPS) is 16.9. The smallest absolute Gasteiger partial charge is 0.227 e. The number of nitrogens with zero attached hydrogens (tertiary/aromatic N) is 1. The van der Waals surface area contributed by atoms with E-state index in [1.54, 1.807) is 13.2 Å². The Kier molecular flexibility index (Phi) is 5.15. The minimum absolute atomic E-state index is 0.0768. The van der Waals surface area contributed by atoms with Crippen LogP contribution in [0.15, 0.2) is 54.7 Å². The third-order valence-corrected chi connectivity index (χ3v) is 5.52. The van der Waals surface area contributed by atoms with Crippen LogP contribution in [-0.4, -0.2) is 41.8 Å². The molecule has 1 N–H and O–H groups in total. The maximum Gasteiger partial charge on any atom is 0.227 e. The summed E-state index contributed by atoms with van der Waals surface area (Å²) in [5.74, 6) is 0.679. The van der Waals surface area contributed by atoms with E-state index in [1.165, 1.54) is 0 Å². The monoisotopic (exact) mass is 376 g/mol. The molecular weight excluding hydrogens is 352 g/mol. The van der Waals surface area contributed by atoms with Gasteiger partial charge < -0.3 is 14.6 Å². The zero-order valence-corrected chi connectivity index (χ0v) is 16.0. The molecule has 2 aromatic carbocycles. The van der Waals surface area contributed by atoms with Gasteiger partial charge in [0.25, 0.3) is 0 Å². The van der Waals surface area contributed by atoms with Crippen molar-refractivity contribution in [2.24, 2.45) is 5.92 Å². The molecule has 0 unspecified atom stereocenters. The van der Waals surface area contributed by atoms with Crippen LogP contribution in [0, 0.1) is 5.92 Å². The van der Waals surface area contributed by atoms with Crippen LogP contribution in [0.3, 0.4) is 0 Å². The molecule has 4 rings (SSSR count). The Balaban J connectivity index is 1.45. The molecule has 1 aromatic heterocycles. The van der Waals surface area contributed by atoms with E-state index < -0.39 is 0 Å². The molecule has 2 heterocycles. The van der Waals surface area contributed by atoms with Gasteiger partial charge in [-0.15, -0.1) is 0 Å². The Bertz CT molecular complexity index is 1010. The number of hydrogen-bond donors (Lipinski definition) is 1. The van der Waals surface area contributed by atoms with Crippen LogP contribution in [0.4, 0.5) is 0 Å². The van der Waals surface area contributed by atoms with Crippen LogP contribution >= 0.6 is 0 Å². The molecule has 28 heavy (non-hydrogen) atoms. The lowest BCUT2D eigenvalue weighted by molar-refractivity contribution is -0.131. The topological polar surface area (TPSA) is 62.4 Å². The second-order valence-electron chi connectivity index (χ2n) is 7.31. The van der Waals surface area contributed by atoms with E-state index in [9.17, 15) is 9.59 Å². The van der Waals surface area contributed by atoms with Crippen LogP contribution in [0.5, 0.6) is 5.75 Å². The summed E-state index contributed by atoms with van der Waals surface area (Å²) in [7, 11) is 1.59. The molecule has 1 aliphatic heterocycles. The van der Waals surface area contributed by atoms with Crippen molar-refractivity contribution < 1.29 is 14.3 Å². The van der Waals surface area contributed by atoms with Crippen molar-refractivity contribution in [2.75, 3.05) is 20.2 Å². The highest BCUT2D eigenvalue weighted by atomic mass is 16.5. The highest BCUT2D eigenvalue weighted by Crippen LogP contribution is 2.24. The van der Waals surface area contributed by atoms with Crippen molar-refractivity contribution in [2.45, 2.75) is 19.3 Å². The molecule has 1 atom stereocenters. The van der Waals surface area contributed by atoms with Crippen molar-refractivity contribution in [1.29, 1.82) is 0 Å². The summed E-state index contributed by atoms with van der Waals surface area (Å²) in [5, 5.41) is 1.08. The molecular formula is C23H24N2O3. The molecule has 1 saturated heterocycles. The fourth-order valence-electron chi connectivity index (χ4n) is 3.98. The van der Waals surface area contributed by atoms with Crippen molar-refractivity contribution >= 4 is 22.6 Å². The first kappa shape index (κ1) is 18.3. The molecule has 144 valence electrons. The third kappa shape index (κ3) is 3.65. The average molecular weight is 376 g/mol. The maximum atomic E-state index is 12.9. The number of nitrogens with one attached hydrogen (secondary N) is 1. The molecule has 0 radical (unpaired) electrons. The highest BCUT2D eigenvalue weighted by Gasteiger charge is 2.29. The van der Waals surface area contributed by atoms with Crippen molar-refractivity contribution in [1.82, 2.24) is 9.88 Å². The number of hydrogen-bond acceptors (Lipinski definition) is 3. The number of piperidine rings is 1. The molecule has 0 bridgehead atoms. The second kappa shape index (κ2) is 7.89. The average Bonchev–Trinajstić information content (AvgIpc) is 3.16. The number of aromatic amines is 1. The van der Waals surface area contributed by atoms with Crippen LogP contribution < -0.4 is 4.74 Å². The second-order valence-corrected chi connectivity index (χ2v) is 7.31. The van der Waals surface area contributed by atoms with Gasteiger partial charge in [-0.1, -0.05) is 30.3 Å².